The van der Waals surface area contributed by atoms with E-state index in [0.29, 0.717) is 4.68 Å². The Balaban J connectivity index is 2.09. The van der Waals surface area contributed by atoms with Crippen molar-refractivity contribution < 1.29 is 26.4 Å². The highest BCUT2D eigenvalue weighted by atomic mass is 35.5. The first-order valence-corrected chi connectivity index (χ1v) is 10.7. The van der Waals surface area contributed by atoms with Gasteiger partial charge in [0.25, 0.3) is 15.9 Å². The zero-order valence-corrected chi connectivity index (χ0v) is 18.3. The lowest BCUT2D eigenvalue weighted by molar-refractivity contribution is -0.143. The molecule has 0 aliphatic heterocycles. The minimum Gasteiger partial charge on any atom is -0.266 e. The molecule has 1 aromatic heterocycles. The Labute approximate surface area is 188 Å². The maximum absolute atomic E-state index is 13.8. The van der Waals surface area contributed by atoms with Crippen molar-refractivity contribution in [3.05, 3.63) is 68.4 Å². The Morgan fingerprint density at radius 3 is 2.23 bits per heavy atom. The molecule has 0 aliphatic rings. The molecule has 1 heterocycles. The monoisotopic (exact) mass is 512 g/mol. The molecule has 7 nitrogen and oxygen atoms in total. The standard InChI is InChI=1S/C17H10Cl3F3N4O3S/c1-8-6-10(19)7-12(20)14(8)27-15(17(21,22)23)13(24-26-27)16(28)25-31(29,30)11-4-2-9(18)3-5-11/h2-7H,1H3,(H,25,28). The summed E-state index contributed by atoms with van der Waals surface area (Å²) in [6.45, 7) is 1.43. The number of nitrogens with zero attached hydrogens (tertiary/aromatic N) is 3. The highest BCUT2D eigenvalue weighted by Crippen LogP contribution is 2.36. The molecule has 3 rings (SSSR count). The van der Waals surface area contributed by atoms with Crippen LogP contribution in [0.4, 0.5) is 13.2 Å². The Kier molecular flexibility index (Phi) is 6.25. The summed E-state index contributed by atoms with van der Waals surface area (Å²) in [5.74, 6) is -1.63. The van der Waals surface area contributed by atoms with Crippen LogP contribution in [0.5, 0.6) is 0 Å². The number of benzene rings is 2. The number of hydrogen-bond donors (Lipinski definition) is 1. The van der Waals surface area contributed by atoms with Gasteiger partial charge in [-0.2, -0.15) is 13.2 Å². The third-order valence-electron chi connectivity index (χ3n) is 3.94. The zero-order valence-electron chi connectivity index (χ0n) is 15.2. The molecule has 1 amide bonds. The SMILES string of the molecule is Cc1cc(Cl)cc(Cl)c1-n1nnc(C(=O)NS(=O)(=O)c2ccc(Cl)cc2)c1C(F)(F)F. The minimum absolute atomic E-state index is 0.173. The summed E-state index contributed by atoms with van der Waals surface area (Å²) in [4.78, 5) is 12.1. The molecule has 1 N–H and O–H groups in total. The average molecular weight is 514 g/mol. The number of nitrogens with one attached hydrogen (secondary N) is 1. The first-order valence-electron chi connectivity index (χ1n) is 8.13. The van der Waals surface area contributed by atoms with Crippen LogP contribution in [0.2, 0.25) is 15.1 Å². The molecular weight excluding hydrogens is 504 g/mol. The molecule has 164 valence electrons. The minimum atomic E-state index is -5.13. The molecule has 0 unspecified atom stereocenters. The van der Waals surface area contributed by atoms with Gasteiger partial charge in [0, 0.05) is 10.0 Å². The number of alkyl halides is 3. The van der Waals surface area contributed by atoms with Gasteiger partial charge < -0.3 is 0 Å². The Morgan fingerprint density at radius 1 is 1.06 bits per heavy atom. The van der Waals surface area contributed by atoms with Crippen LogP contribution >= 0.6 is 34.8 Å². The van der Waals surface area contributed by atoms with Gasteiger partial charge in [-0.05, 0) is 48.9 Å². The molecule has 0 bridgehead atoms. The molecule has 0 radical (unpaired) electrons. The van der Waals surface area contributed by atoms with Crippen LogP contribution in [0.25, 0.3) is 5.69 Å². The normalized spacial score (nSPS) is 12.1. The molecule has 3 aromatic rings. The first-order chi connectivity index (χ1) is 14.3. The second kappa shape index (κ2) is 8.30. The third-order valence-corrected chi connectivity index (χ3v) is 6.04. The van der Waals surface area contributed by atoms with E-state index in [1.54, 1.807) is 4.72 Å². The molecule has 0 atom stereocenters. The topological polar surface area (TPSA) is 93.9 Å². The number of carbonyl (C=O) groups excluding carboxylic acids is 1. The highest BCUT2D eigenvalue weighted by molar-refractivity contribution is 7.90. The summed E-state index contributed by atoms with van der Waals surface area (Å²) in [7, 11) is -4.51. The first kappa shape index (κ1) is 23.3. The molecule has 0 fully saturated rings. The van der Waals surface area contributed by atoms with E-state index < -0.39 is 33.5 Å². The molecule has 0 aliphatic carbocycles. The summed E-state index contributed by atoms with van der Waals surface area (Å²) in [6.07, 6.45) is -5.13. The van der Waals surface area contributed by atoms with Crippen molar-refractivity contribution >= 4 is 50.7 Å². The quantitative estimate of drug-likeness (QED) is 0.547. The van der Waals surface area contributed by atoms with Crippen molar-refractivity contribution in [1.29, 1.82) is 0 Å². The largest absolute Gasteiger partial charge is 0.435 e. The molecule has 14 heteroatoms. The van der Waals surface area contributed by atoms with Crippen LogP contribution in [0.15, 0.2) is 41.3 Å². The lowest BCUT2D eigenvalue weighted by Crippen LogP contribution is -2.32. The predicted molar refractivity (Wildman–Crippen MR) is 107 cm³/mol. The van der Waals surface area contributed by atoms with Crippen molar-refractivity contribution in [3.63, 3.8) is 0 Å². The second-order valence-electron chi connectivity index (χ2n) is 6.14. The van der Waals surface area contributed by atoms with Gasteiger partial charge in [0.1, 0.15) is 0 Å². The number of hydrogen-bond acceptors (Lipinski definition) is 5. The van der Waals surface area contributed by atoms with Crippen LogP contribution in [-0.4, -0.2) is 29.3 Å². The van der Waals surface area contributed by atoms with Gasteiger partial charge in [-0.15, -0.1) is 5.10 Å². The maximum atomic E-state index is 13.8. The van der Waals surface area contributed by atoms with E-state index in [1.165, 1.54) is 31.2 Å². The lowest BCUT2D eigenvalue weighted by atomic mass is 10.2. The van der Waals surface area contributed by atoms with E-state index in [9.17, 15) is 26.4 Å². The fourth-order valence-electron chi connectivity index (χ4n) is 2.65. The van der Waals surface area contributed by atoms with Crippen LogP contribution in [0, 0.1) is 6.92 Å². The van der Waals surface area contributed by atoms with Gasteiger partial charge in [0.2, 0.25) is 0 Å². The van der Waals surface area contributed by atoms with Crippen molar-refractivity contribution in [2.45, 2.75) is 18.0 Å². The van der Waals surface area contributed by atoms with Gasteiger partial charge in [-0.1, -0.05) is 40.0 Å². The van der Waals surface area contributed by atoms with Gasteiger partial charge in [0.15, 0.2) is 11.4 Å². The van der Waals surface area contributed by atoms with E-state index in [-0.39, 0.29) is 31.2 Å². The fraction of sp³-hybridized carbons (Fsp3) is 0.118. The fourth-order valence-corrected chi connectivity index (χ4v) is 4.41. The molecule has 0 saturated carbocycles. The van der Waals surface area contributed by atoms with Gasteiger partial charge in [0.05, 0.1) is 15.6 Å². The average Bonchev–Trinajstić information content (AvgIpc) is 3.06. The van der Waals surface area contributed by atoms with Crippen LogP contribution in [-0.2, 0) is 16.2 Å². The zero-order chi connectivity index (χ0) is 23.1. The number of carbonyl (C=O) groups is 1. The van der Waals surface area contributed by atoms with Crippen LogP contribution in [0.3, 0.4) is 0 Å². The van der Waals surface area contributed by atoms with Crippen LogP contribution < -0.4 is 4.72 Å². The maximum Gasteiger partial charge on any atom is 0.435 e. The summed E-state index contributed by atoms with van der Waals surface area (Å²) in [5.41, 5.74) is -2.86. The molecule has 31 heavy (non-hydrogen) atoms. The van der Waals surface area contributed by atoms with E-state index in [4.69, 9.17) is 34.8 Å². The van der Waals surface area contributed by atoms with Crippen molar-refractivity contribution in [3.8, 4) is 5.69 Å². The molecular formula is C17H10Cl3F3N4O3S. The third kappa shape index (κ3) is 4.79. The van der Waals surface area contributed by atoms with Crippen LogP contribution in [0.1, 0.15) is 21.7 Å². The predicted octanol–water partition coefficient (Wildman–Crippen LogP) is 4.67. The molecule has 0 spiro atoms. The van der Waals surface area contributed by atoms with Crippen molar-refractivity contribution in [2.24, 2.45) is 0 Å². The lowest BCUT2D eigenvalue weighted by Gasteiger charge is -2.14. The number of halogens is 6. The Morgan fingerprint density at radius 2 is 1.68 bits per heavy atom. The molecule has 2 aromatic carbocycles. The smallest absolute Gasteiger partial charge is 0.266 e. The Bertz CT molecular complexity index is 1250. The Hall–Kier alpha value is -2.34. The number of aromatic nitrogens is 3. The van der Waals surface area contributed by atoms with E-state index >= 15 is 0 Å². The number of amides is 1. The number of sulfonamides is 1. The molecule has 0 saturated heterocycles. The second-order valence-corrected chi connectivity index (χ2v) is 9.10. The highest BCUT2D eigenvalue weighted by Gasteiger charge is 2.43. The van der Waals surface area contributed by atoms with Gasteiger partial charge in [-0.25, -0.2) is 17.8 Å². The van der Waals surface area contributed by atoms with E-state index in [2.05, 4.69) is 10.3 Å². The summed E-state index contributed by atoms with van der Waals surface area (Å²) >= 11 is 17.6. The van der Waals surface area contributed by atoms with Gasteiger partial charge >= 0.3 is 6.18 Å². The van der Waals surface area contributed by atoms with E-state index in [0.717, 1.165) is 12.1 Å². The summed E-state index contributed by atoms with van der Waals surface area (Å²) < 4.78 is 68.0. The number of rotatable bonds is 4. The number of aryl methyl sites for hydroxylation is 1. The van der Waals surface area contributed by atoms with Crippen molar-refractivity contribution in [2.75, 3.05) is 0 Å². The van der Waals surface area contributed by atoms with E-state index in [1.807, 2.05) is 0 Å². The summed E-state index contributed by atoms with van der Waals surface area (Å²) in [5, 5.41) is 6.86. The van der Waals surface area contributed by atoms with Crippen molar-refractivity contribution in [1.82, 2.24) is 19.7 Å². The summed E-state index contributed by atoms with van der Waals surface area (Å²) in [6, 6.07) is 7.17. The van der Waals surface area contributed by atoms with Gasteiger partial charge in [-0.3, -0.25) is 4.79 Å².